The Morgan fingerprint density at radius 3 is 1.23 bits per heavy atom. The zero-order valence-electron chi connectivity index (χ0n) is 33.0. The van der Waals surface area contributed by atoms with Crippen LogP contribution in [0.25, 0.3) is 115 Å². The van der Waals surface area contributed by atoms with E-state index in [1.165, 1.54) is 54.4 Å². The van der Waals surface area contributed by atoms with Crippen molar-refractivity contribution in [3.05, 3.63) is 200 Å². The maximum atomic E-state index is 7.00. The molecule has 3 heterocycles. The lowest BCUT2D eigenvalue weighted by atomic mass is 9.94. The van der Waals surface area contributed by atoms with Gasteiger partial charge in [-0.1, -0.05) is 127 Å². The summed E-state index contributed by atoms with van der Waals surface area (Å²) >= 11 is 0. The summed E-state index contributed by atoms with van der Waals surface area (Å²) in [6.07, 6.45) is 0. The van der Waals surface area contributed by atoms with Crippen LogP contribution in [0.1, 0.15) is 0 Å². The average molecular weight is 780 g/mol. The van der Waals surface area contributed by atoms with Crippen molar-refractivity contribution in [2.24, 2.45) is 0 Å². The molecule has 0 atom stereocenters. The molecular weight excluding hydrogens is 743 g/mol. The van der Waals surface area contributed by atoms with Crippen molar-refractivity contribution in [1.82, 2.24) is 13.7 Å². The number of rotatable bonds is 4. The number of fused-ring (bicyclic) bond motifs is 12. The molecule has 0 amide bonds. The standard InChI is InChI=1S/C56H37N5/c57-55-45-26-22-35(34-12-2-1-3-13-34)30-46(45)39-27-23-36(32-48(39)56(55)58)61-53-29-25-37(59-49-18-8-4-14-40(49)41-15-5-9-19-50(41)59)31-47(53)44-28-24-38(33-54(44)61)60-51-20-10-6-16-42(51)43-17-7-11-21-52(43)60/h1-33H,57-58H2. The highest BCUT2D eigenvalue weighted by Gasteiger charge is 2.20. The van der Waals surface area contributed by atoms with Crippen LogP contribution in [0.4, 0.5) is 11.4 Å². The van der Waals surface area contributed by atoms with Gasteiger partial charge in [0.05, 0.1) is 44.5 Å². The van der Waals surface area contributed by atoms with Gasteiger partial charge < -0.3 is 25.2 Å². The van der Waals surface area contributed by atoms with Crippen molar-refractivity contribution in [3.8, 4) is 28.2 Å². The molecule has 286 valence electrons. The molecule has 5 nitrogen and oxygen atoms in total. The summed E-state index contributed by atoms with van der Waals surface area (Å²) in [5.41, 5.74) is 27.6. The van der Waals surface area contributed by atoms with E-state index in [-0.39, 0.29) is 0 Å². The Kier molecular flexibility index (Phi) is 6.96. The fraction of sp³-hybridized carbons (Fsp3) is 0. The summed E-state index contributed by atoms with van der Waals surface area (Å²) < 4.78 is 7.19. The molecule has 0 aliphatic heterocycles. The summed E-state index contributed by atoms with van der Waals surface area (Å²) in [6.45, 7) is 0. The SMILES string of the molecule is Nc1c(N)c2ccc(-c3ccccc3)cc2c2ccc(-n3c4ccc(-n5c6ccccc6c6ccccc65)cc4c4ccc(-n5c6ccccc6c6ccccc65)cc43)cc12. The number of para-hydroxylation sites is 4. The molecule has 0 radical (unpaired) electrons. The molecule has 0 bridgehead atoms. The van der Waals surface area contributed by atoms with Gasteiger partial charge in [-0.05, 0) is 94.7 Å². The molecule has 0 saturated carbocycles. The van der Waals surface area contributed by atoms with E-state index in [1.54, 1.807) is 0 Å². The number of nitrogen functional groups attached to an aromatic ring is 2. The van der Waals surface area contributed by atoms with Crippen LogP contribution in [0.3, 0.4) is 0 Å². The van der Waals surface area contributed by atoms with Crippen LogP contribution in [-0.4, -0.2) is 13.7 Å². The molecule has 0 spiro atoms. The minimum absolute atomic E-state index is 0.595. The van der Waals surface area contributed by atoms with Crippen molar-refractivity contribution in [1.29, 1.82) is 0 Å². The van der Waals surface area contributed by atoms with Gasteiger partial charge in [0.25, 0.3) is 0 Å². The Hall–Kier alpha value is -8.28. The first-order valence-corrected chi connectivity index (χ1v) is 20.8. The first-order valence-electron chi connectivity index (χ1n) is 20.8. The Balaban J connectivity index is 1.10. The Morgan fingerprint density at radius 2 is 0.639 bits per heavy atom. The minimum atomic E-state index is 0.595. The maximum absolute atomic E-state index is 7.00. The third-order valence-corrected chi connectivity index (χ3v) is 13.0. The molecule has 5 heteroatoms. The van der Waals surface area contributed by atoms with Gasteiger partial charge in [-0.3, -0.25) is 0 Å². The molecule has 0 aliphatic rings. The van der Waals surface area contributed by atoms with E-state index in [0.717, 1.165) is 60.8 Å². The highest BCUT2D eigenvalue weighted by molar-refractivity contribution is 6.21. The number of nitrogens with two attached hydrogens (primary N) is 2. The lowest BCUT2D eigenvalue weighted by Gasteiger charge is -2.16. The zero-order valence-corrected chi connectivity index (χ0v) is 33.0. The normalized spacial score (nSPS) is 12.1. The topological polar surface area (TPSA) is 66.8 Å². The third kappa shape index (κ3) is 4.77. The predicted molar refractivity (Wildman–Crippen MR) is 259 cm³/mol. The van der Waals surface area contributed by atoms with Gasteiger partial charge in [0.15, 0.2) is 0 Å². The predicted octanol–water partition coefficient (Wildman–Crippen LogP) is 14.1. The van der Waals surface area contributed by atoms with Gasteiger partial charge in [-0.2, -0.15) is 0 Å². The van der Waals surface area contributed by atoms with E-state index in [1.807, 2.05) is 6.07 Å². The molecule has 4 N–H and O–H groups in total. The zero-order chi connectivity index (χ0) is 40.3. The van der Waals surface area contributed by atoms with Crippen LogP contribution in [0, 0.1) is 0 Å². The smallest absolute Gasteiger partial charge is 0.0634 e. The van der Waals surface area contributed by atoms with Crippen LogP contribution >= 0.6 is 0 Å². The Morgan fingerprint density at radius 1 is 0.230 bits per heavy atom. The van der Waals surface area contributed by atoms with Crippen LogP contribution in [-0.2, 0) is 0 Å². The molecule has 61 heavy (non-hydrogen) atoms. The quantitative estimate of drug-likeness (QED) is 0.106. The van der Waals surface area contributed by atoms with Crippen molar-refractivity contribution in [2.75, 3.05) is 11.5 Å². The van der Waals surface area contributed by atoms with E-state index in [0.29, 0.717) is 11.4 Å². The third-order valence-electron chi connectivity index (χ3n) is 13.0. The van der Waals surface area contributed by atoms with Crippen LogP contribution in [0.5, 0.6) is 0 Å². The van der Waals surface area contributed by atoms with E-state index in [9.17, 15) is 0 Å². The minimum Gasteiger partial charge on any atom is -0.397 e. The molecule has 0 aliphatic carbocycles. The van der Waals surface area contributed by atoms with Gasteiger partial charge in [0.2, 0.25) is 0 Å². The summed E-state index contributed by atoms with van der Waals surface area (Å²) in [5, 5.41) is 11.3. The number of hydrogen-bond acceptors (Lipinski definition) is 2. The number of nitrogens with zero attached hydrogens (tertiary/aromatic N) is 3. The number of aromatic nitrogens is 3. The molecule has 13 aromatic rings. The molecule has 0 fully saturated rings. The first kappa shape index (κ1) is 33.7. The van der Waals surface area contributed by atoms with Crippen LogP contribution in [0.2, 0.25) is 0 Å². The monoisotopic (exact) mass is 779 g/mol. The summed E-state index contributed by atoms with van der Waals surface area (Å²) in [7, 11) is 0. The van der Waals surface area contributed by atoms with E-state index in [4.69, 9.17) is 11.5 Å². The van der Waals surface area contributed by atoms with E-state index >= 15 is 0 Å². The second-order valence-corrected chi connectivity index (χ2v) is 16.2. The number of hydrogen-bond donors (Lipinski definition) is 2. The van der Waals surface area contributed by atoms with Gasteiger partial charge >= 0.3 is 0 Å². The molecular formula is C56H37N5. The summed E-state index contributed by atoms with van der Waals surface area (Å²) in [4.78, 5) is 0. The lowest BCUT2D eigenvalue weighted by Crippen LogP contribution is -2.00. The fourth-order valence-corrected chi connectivity index (χ4v) is 10.2. The van der Waals surface area contributed by atoms with Crippen LogP contribution < -0.4 is 11.5 Å². The van der Waals surface area contributed by atoms with Gasteiger partial charge in [0, 0.05) is 60.2 Å². The van der Waals surface area contributed by atoms with Gasteiger partial charge in [-0.25, -0.2) is 0 Å². The summed E-state index contributed by atoms with van der Waals surface area (Å²) in [6, 6.07) is 72.2. The van der Waals surface area contributed by atoms with Gasteiger partial charge in [-0.15, -0.1) is 0 Å². The second kappa shape index (κ2) is 12.6. The molecule has 13 rings (SSSR count). The Labute approximate surface area is 350 Å². The van der Waals surface area contributed by atoms with Crippen molar-refractivity contribution >= 4 is 98.3 Å². The molecule has 10 aromatic carbocycles. The van der Waals surface area contributed by atoms with Gasteiger partial charge in [0.1, 0.15) is 0 Å². The Bertz CT molecular complexity index is 3850. The van der Waals surface area contributed by atoms with Crippen molar-refractivity contribution in [3.63, 3.8) is 0 Å². The maximum Gasteiger partial charge on any atom is 0.0634 e. The van der Waals surface area contributed by atoms with Crippen molar-refractivity contribution < 1.29 is 0 Å². The van der Waals surface area contributed by atoms with E-state index in [2.05, 4.69) is 208 Å². The molecule has 0 unspecified atom stereocenters. The number of benzene rings is 10. The molecule has 3 aromatic heterocycles. The highest BCUT2D eigenvalue weighted by atomic mass is 15.0. The fourth-order valence-electron chi connectivity index (χ4n) is 10.2. The number of anilines is 2. The molecule has 0 saturated heterocycles. The lowest BCUT2D eigenvalue weighted by molar-refractivity contribution is 1.15. The largest absolute Gasteiger partial charge is 0.397 e. The van der Waals surface area contributed by atoms with Crippen molar-refractivity contribution in [2.45, 2.75) is 0 Å². The van der Waals surface area contributed by atoms with Crippen LogP contribution in [0.15, 0.2) is 200 Å². The first-order chi connectivity index (χ1) is 30.1. The average Bonchev–Trinajstić information content (AvgIpc) is 3.96. The highest BCUT2D eigenvalue weighted by Crippen LogP contribution is 2.43. The second-order valence-electron chi connectivity index (χ2n) is 16.2. The summed E-state index contributed by atoms with van der Waals surface area (Å²) in [5.74, 6) is 0. The van der Waals surface area contributed by atoms with E-state index < -0.39 is 0 Å².